The van der Waals surface area contributed by atoms with Crippen molar-refractivity contribution in [2.45, 2.75) is 0 Å². The number of nitrogens with zero attached hydrogens (tertiary/aromatic N) is 4. The van der Waals surface area contributed by atoms with Crippen LogP contribution in [-0.4, -0.2) is 54.7 Å². The highest BCUT2D eigenvalue weighted by Gasteiger charge is 2.17. The fourth-order valence-corrected chi connectivity index (χ4v) is 2.36. The first kappa shape index (κ1) is 16.4. The molecule has 8 nitrogen and oxygen atoms in total. The Morgan fingerprint density at radius 1 is 1.21 bits per heavy atom. The number of benzene rings is 1. The standard InChI is InChI=1S/C15H15ClN4O4/c1-22-12-8-10(9-21)2-3-11(12)24-15-18-13(16)17-14(19-15)20-4-6-23-7-5-20/h2-3,8-9H,4-7H2,1H3. The van der Waals surface area contributed by atoms with Gasteiger partial charge in [-0.1, -0.05) is 0 Å². The zero-order chi connectivity index (χ0) is 16.9. The number of halogens is 1. The van der Waals surface area contributed by atoms with E-state index in [1.165, 1.54) is 7.11 Å². The second-order valence-electron chi connectivity index (χ2n) is 4.92. The molecule has 9 heteroatoms. The number of hydrogen-bond acceptors (Lipinski definition) is 8. The average Bonchev–Trinajstić information content (AvgIpc) is 2.62. The van der Waals surface area contributed by atoms with Crippen LogP contribution in [0.25, 0.3) is 0 Å². The van der Waals surface area contributed by atoms with Crippen LogP contribution in [0.1, 0.15) is 10.4 Å². The van der Waals surface area contributed by atoms with E-state index in [0.29, 0.717) is 49.3 Å². The molecule has 1 aliphatic heterocycles. The summed E-state index contributed by atoms with van der Waals surface area (Å²) in [6, 6.07) is 4.83. The second kappa shape index (κ2) is 7.41. The van der Waals surface area contributed by atoms with Gasteiger partial charge in [0, 0.05) is 18.7 Å². The Labute approximate surface area is 143 Å². The van der Waals surface area contributed by atoms with Crippen LogP contribution in [0.2, 0.25) is 5.28 Å². The molecule has 0 radical (unpaired) electrons. The molecule has 1 aliphatic rings. The van der Waals surface area contributed by atoms with E-state index in [0.717, 1.165) is 6.29 Å². The van der Waals surface area contributed by atoms with Gasteiger partial charge in [0.15, 0.2) is 11.5 Å². The second-order valence-corrected chi connectivity index (χ2v) is 5.25. The van der Waals surface area contributed by atoms with Crippen LogP contribution >= 0.6 is 11.6 Å². The molecule has 0 saturated carbocycles. The molecule has 0 unspecified atom stereocenters. The number of rotatable bonds is 5. The van der Waals surface area contributed by atoms with Gasteiger partial charge in [0.25, 0.3) is 0 Å². The summed E-state index contributed by atoms with van der Waals surface area (Å²) in [5, 5.41) is 0.0324. The SMILES string of the molecule is COc1cc(C=O)ccc1Oc1nc(Cl)nc(N2CCOCC2)n1. The summed E-state index contributed by atoms with van der Waals surface area (Å²) in [4.78, 5) is 25.2. The van der Waals surface area contributed by atoms with Crippen molar-refractivity contribution in [2.24, 2.45) is 0 Å². The number of methoxy groups -OCH3 is 1. The molecule has 1 aromatic carbocycles. The van der Waals surface area contributed by atoms with Gasteiger partial charge in [0.2, 0.25) is 11.2 Å². The van der Waals surface area contributed by atoms with E-state index in [-0.39, 0.29) is 11.3 Å². The van der Waals surface area contributed by atoms with Gasteiger partial charge in [0.05, 0.1) is 20.3 Å². The number of ether oxygens (including phenoxy) is 3. The normalized spacial score (nSPS) is 14.3. The number of anilines is 1. The molecule has 0 aliphatic carbocycles. The van der Waals surface area contributed by atoms with Gasteiger partial charge < -0.3 is 19.1 Å². The summed E-state index contributed by atoms with van der Waals surface area (Å²) < 4.78 is 16.2. The maximum absolute atomic E-state index is 10.8. The van der Waals surface area contributed by atoms with Crippen molar-refractivity contribution in [1.29, 1.82) is 0 Å². The minimum absolute atomic E-state index is 0.0324. The Morgan fingerprint density at radius 3 is 2.71 bits per heavy atom. The van der Waals surface area contributed by atoms with Crippen molar-refractivity contribution in [2.75, 3.05) is 38.3 Å². The van der Waals surface area contributed by atoms with Gasteiger partial charge in [-0.15, -0.1) is 0 Å². The number of carbonyl (C=O) groups is 1. The molecule has 1 fully saturated rings. The van der Waals surface area contributed by atoms with Crippen LogP contribution in [0, 0.1) is 0 Å². The van der Waals surface area contributed by atoms with Crippen LogP contribution in [0.15, 0.2) is 18.2 Å². The van der Waals surface area contributed by atoms with E-state index in [2.05, 4.69) is 15.0 Å². The number of hydrogen-bond donors (Lipinski definition) is 0. The average molecular weight is 351 g/mol. The number of carbonyl (C=O) groups excluding carboxylic acids is 1. The molecular formula is C15H15ClN4O4. The highest BCUT2D eigenvalue weighted by atomic mass is 35.5. The zero-order valence-corrected chi connectivity index (χ0v) is 13.7. The lowest BCUT2D eigenvalue weighted by molar-refractivity contribution is 0.112. The largest absolute Gasteiger partial charge is 0.493 e. The smallest absolute Gasteiger partial charge is 0.328 e. The molecule has 2 heterocycles. The van der Waals surface area contributed by atoms with Gasteiger partial charge in [-0.3, -0.25) is 4.79 Å². The van der Waals surface area contributed by atoms with Gasteiger partial charge in [-0.25, -0.2) is 0 Å². The number of aromatic nitrogens is 3. The third kappa shape index (κ3) is 3.72. The van der Waals surface area contributed by atoms with E-state index < -0.39 is 0 Å². The van der Waals surface area contributed by atoms with E-state index in [1.54, 1.807) is 18.2 Å². The highest BCUT2D eigenvalue weighted by Crippen LogP contribution is 2.31. The molecular weight excluding hydrogens is 336 g/mol. The first-order chi connectivity index (χ1) is 11.7. The molecule has 0 atom stereocenters. The predicted molar refractivity (Wildman–Crippen MR) is 86.3 cm³/mol. The van der Waals surface area contributed by atoms with Gasteiger partial charge in [0.1, 0.15) is 6.29 Å². The highest BCUT2D eigenvalue weighted by molar-refractivity contribution is 6.28. The fraction of sp³-hybridized carbons (Fsp3) is 0.333. The van der Waals surface area contributed by atoms with Crippen molar-refractivity contribution in [1.82, 2.24) is 15.0 Å². The van der Waals surface area contributed by atoms with E-state index in [9.17, 15) is 4.79 Å². The molecule has 0 N–H and O–H groups in total. The Kier molecular flexibility index (Phi) is 5.07. The summed E-state index contributed by atoms with van der Waals surface area (Å²) in [6.45, 7) is 2.52. The Morgan fingerprint density at radius 2 is 2.00 bits per heavy atom. The molecule has 0 amide bonds. The summed E-state index contributed by atoms with van der Waals surface area (Å²) in [6.07, 6.45) is 0.725. The quantitative estimate of drug-likeness (QED) is 0.756. The van der Waals surface area contributed by atoms with Gasteiger partial charge >= 0.3 is 6.01 Å². The third-order valence-electron chi connectivity index (χ3n) is 3.39. The van der Waals surface area contributed by atoms with Crippen molar-refractivity contribution in [3.05, 3.63) is 29.0 Å². The summed E-state index contributed by atoms with van der Waals surface area (Å²) in [7, 11) is 1.48. The molecule has 1 saturated heterocycles. The molecule has 0 spiro atoms. The lowest BCUT2D eigenvalue weighted by atomic mass is 10.2. The monoisotopic (exact) mass is 350 g/mol. The molecule has 0 bridgehead atoms. The molecule has 2 aromatic rings. The van der Waals surface area contributed by atoms with Gasteiger partial charge in [-0.05, 0) is 29.8 Å². The maximum atomic E-state index is 10.8. The zero-order valence-electron chi connectivity index (χ0n) is 12.9. The Hall–Kier alpha value is -2.45. The molecule has 126 valence electrons. The molecule has 3 rings (SSSR count). The van der Waals surface area contributed by atoms with Crippen LogP contribution in [0.4, 0.5) is 5.95 Å². The summed E-state index contributed by atoms with van der Waals surface area (Å²) >= 11 is 5.98. The topological polar surface area (TPSA) is 86.7 Å². The first-order valence-electron chi connectivity index (χ1n) is 7.25. The molecule has 24 heavy (non-hydrogen) atoms. The summed E-state index contributed by atoms with van der Waals surface area (Å²) in [5.74, 6) is 1.19. The van der Waals surface area contributed by atoms with Crippen molar-refractivity contribution in [3.63, 3.8) is 0 Å². The number of aldehydes is 1. The fourth-order valence-electron chi connectivity index (χ4n) is 2.21. The Balaban J connectivity index is 1.87. The lowest BCUT2D eigenvalue weighted by Crippen LogP contribution is -2.37. The van der Waals surface area contributed by atoms with Crippen molar-refractivity contribution < 1.29 is 19.0 Å². The van der Waals surface area contributed by atoms with Crippen molar-refractivity contribution in [3.8, 4) is 17.5 Å². The van der Waals surface area contributed by atoms with Crippen LogP contribution in [0.3, 0.4) is 0 Å². The first-order valence-corrected chi connectivity index (χ1v) is 7.63. The minimum Gasteiger partial charge on any atom is -0.493 e. The van der Waals surface area contributed by atoms with Gasteiger partial charge in [-0.2, -0.15) is 15.0 Å². The lowest BCUT2D eigenvalue weighted by Gasteiger charge is -2.26. The van der Waals surface area contributed by atoms with E-state index >= 15 is 0 Å². The van der Waals surface area contributed by atoms with Crippen LogP contribution in [0.5, 0.6) is 17.5 Å². The third-order valence-corrected chi connectivity index (χ3v) is 3.56. The predicted octanol–water partition coefficient (Wildman–Crippen LogP) is 1.97. The van der Waals surface area contributed by atoms with Crippen LogP contribution in [-0.2, 0) is 4.74 Å². The Bertz CT molecular complexity index is 737. The summed E-state index contributed by atoms with van der Waals surface area (Å²) in [5.41, 5.74) is 0.474. The van der Waals surface area contributed by atoms with Crippen molar-refractivity contribution >= 4 is 23.8 Å². The maximum Gasteiger partial charge on any atom is 0.328 e. The number of morpholine rings is 1. The minimum atomic E-state index is 0.0324. The van der Waals surface area contributed by atoms with E-state index in [4.69, 9.17) is 25.8 Å². The molecule has 1 aromatic heterocycles. The van der Waals surface area contributed by atoms with E-state index in [1.807, 2.05) is 4.90 Å². The van der Waals surface area contributed by atoms with Crippen LogP contribution < -0.4 is 14.4 Å².